The summed E-state index contributed by atoms with van der Waals surface area (Å²) in [6, 6.07) is 0.115. The van der Waals surface area contributed by atoms with Crippen molar-refractivity contribution >= 4 is 0 Å². The number of hydrogen-bond acceptors (Lipinski definition) is 4. The van der Waals surface area contributed by atoms with Gasteiger partial charge in [-0.05, 0) is 32.7 Å². The van der Waals surface area contributed by atoms with Crippen LogP contribution in [-0.4, -0.2) is 29.2 Å². The molecule has 1 aliphatic rings. The van der Waals surface area contributed by atoms with E-state index in [1.165, 1.54) is 12.8 Å². The lowest BCUT2D eigenvalue weighted by Gasteiger charge is -2.44. The van der Waals surface area contributed by atoms with E-state index >= 15 is 0 Å². The third-order valence-corrected chi connectivity index (χ3v) is 4.12. The Morgan fingerprint density at radius 3 is 2.95 bits per heavy atom. The van der Waals surface area contributed by atoms with E-state index in [2.05, 4.69) is 29.1 Å². The molecule has 3 unspecified atom stereocenters. The predicted octanol–water partition coefficient (Wildman–Crippen LogP) is 2.72. The first-order valence-electron chi connectivity index (χ1n) is 7.29. The van der Waals surface area contributed by atoms with Crippen LogP contribution in [0.25, 0.3) is 0 Å². The van der Waals surface area contributed by atoms with E-state index in [0.717, 1.165) is 25.1 Å². The second kappa shape index (κ2) is 6.44. The van der Waals surface area contributed by atoms with Crippen LogP contribution >= 0.6 is 0 Å². The lowest BCUT2D eigenvalue weighted by atomic mass is 9.73. The van der Waals surface area contributed by atoms with E-state index in [1.807, 2.05) is 13.2 Å². The van der Waals surface area contributed by atoms with Gasteiger partial charge in [0.1, 0.15) is 0 Å². The molecule has 1 fully saturated rings. The third-order valence-electron chi connectivity index (χ3n) is 4.12. The first-order valence-corrected chi connectivity index (χ1v) is 7.29. The standard InChI is InChI=1S/C15H25N3O/c1-4-19-15(7-5-6-12(2)10-15)14(16-3)13-11-17-8-9-18-13/h8-9,11-12,14,16H,4-7,10H2,1-3H3. The molecule has 0 aliphatic heterocycles. The normalized spacial score (nSPS) is 29.1. The van der Waals surface area contributed by atoms with Gasteiger partial charge in [-0.3, -0.25) is 9.97 Å². The van der Waals surface area contributed by atoms with E-state index in [4.69, 9.17) is 4.74 Å². The van der Waals surface area contributed by atoms with Crippen molar-refractivity contribution in [2.45, 2.75) is 51.2 Å². The van der Waals surface area contributed by atoms with Gasteiger partial charge in [0, 0.05) is 19.0 Å². The SMILES string of the molecule is CCOC1(C(NC)c2cnccn2)CCCC(C)C1. The van der Waals surface area contributed by atoms with Crippen LogP contribution in [0.3, 0.4) is 0 Å². The molecule has 0 saturated heterocycles. The zero-order valence-electron chi connectivity index (χ0n) is 12.2. The van der Waals surface area contributed by atoms with Crippen LogP contribution < -0.4 is 5.32 Å². The highest BCUT2D eigenvalue weighted by Gasteiger charge is 2.43. The highest BCUT2D eigenvalue weighted by atomic mass is 16.5. The molecule has 0 amide bonds. The summed E-state index contributed by atoms with van der Waals surface area (Å²) in [5.74, 6) is 0.702. The Bertz CT molecular complexity index is 380. The second-order valence-electron chi connectivity index (χ2n) is 5.55. The van der Waals surface area contributed by atoms with Gasteiger partial charge in [0.25, 0.3) is 0 Å². The van der Waals surface area contributed by atoms with E-state index in [0.29, 0.717) is 5.92 Å². The van der Waals surface area contributed by atoms with E-state index in [9.17, 15) is 0 Å². The van der Waals surface area contributed by atoms with Crippen LogP contribution in [0.15, 0.2) is 18.6 Å². The van der Waals surface area contributed by atoms with Crippen LogP contribution in [0.2, 0.25) is 0 Å². The lowest BCUT2D eigenvalue weighted by molar-refractivity contribution is -0.101. The number of ether oxygens (including phenoxy) is 1. The van der Waals surface area contributed by atoms with E-state index in [-0.39, 0.29) is 11.6 Å². The molecule has 2 rings (SSSR count). The molecule has 1 N–H and O–H groups in total. The Balaban J connectivity index is 2.30. The molecular weight excluding hydrogens is 238 g/mol. The van der Waals surface area contributed by atoms with Crippen molar-refractivity contribution in [2.24, 2.45) is 5.92 Å². The maximum absolute atomic E-state index is 6.22. The second-order valence-corrected chi connectivity index (χ2v) is 5.55. The molecule has 1 aliphatic carbocycles. The summed E-state index contributed by atoms with van der Waals surface area (Å²) in [5.41, 5.74) is 0.838. The molecule has 1 heterocycles. The minimum atomic E-state index is -0.142. The molecule has 0 spiro atoms. The minimum Gasteiger partial charge on any atom is -0.373 e. The quantitative estimate of drug-likeness (QED) is 0.887. The molecule has 19 heavy (non-hydrogen) atoms. The Hall–Kier alpha value is -1.00. The van der Waals surface area contributed by atoms with Gasteiger partial charge in [-0.25, -0.2) is 0 Å². The largest absolute Gasteiger partial charge is 0.373 e. The highest BCUT2D eigenvalue weighted by molar-refractivity contribution is 5.11. The van der Waals surface area contributed by atoms with Crippen molar-refractivity contribution in [3.8, 4) is 0 Å². The van der Waals surface area contributed by atoms with E-state index in [1.54, 1.807) is 12.4 Å². The molecule has 1 aromatic rings. The van der Waals surface area contributed by atoms with Gasteiger partial charge in [0.05, 0.1) is 23.5 Å². The fourth-order valence-corrected chi connectivity index (χ4v) is 3.45. The van der Waals surface area contributed by atoms with E-state index < -0.39 is 0 Å². The van der Waals surface area contributed by atoms with Crippen LogP contribution in [-0.2, 0) is 4.74 Å². The van der Waals surface area contributed by atoms with Crippen molar-refractivity contribution in [2.75, 3.05) is 13.7 Å². The summed E-state index contributed by atoms with van der Waals surface area (Å²) in [7, 11) is 1.99. The number of nitrogens with one attached hydrogen (secondary N) is 1. The van der Waals surface area contributed by atoms with Gasteiger partial charge in [-0.15, -0.1) is 0 Å². The Morgan fingerprint density at radius 1 is 1.53 bits per heavy atom. The summed E-state index contributed by atoms with van der Waals surface area (Å²) in [4.78, 5) is 8.67. The predicted molar refractivity (Wildman–Crippen MR) is 75.8 cm³/mol. The van der Waals surface area contributed by atoms with Crippen LogP contribution in [0.4, 0.5) is 0 Å². The fraction of sp³-hybridized carbons (Fsp3) is 0.733. The first kappa shape index (κ1) is 14.4. The topological polar surface area (TPSA) is 47.0 Å². The Morgan fingerprint density at radius 2 is 2.37 bits per heavy atom. The molecule has 4 nitrogen and oxygen atoms in total. The maximum atomic E-state index is 6.22. The summed E-state index contributed by atoms with van der Waals surface area (Å²) < 4.78 is 6.22. The zero-order chi connectivity index (χ0) is 13.7. The van der Waals surface area contributed by atoms with Gasteiger partial charge in [0.2, 0.25) is 0 Å². The van der Waals surface area contributed by atoms with Crippen LogP contribution in [0, 0.1) is 5.92 Å². The molecule has 1 saturated carbocycles. The number of nitrogens with zero attached hydrogens (tertiary/aromatic N) is 2. The monoisotopic (exact) mass is 263 g/mol. The van der Waals surface area contributed by atoms with Crippen LogP contribution in [0.5, 0.6) is 0 Å². The highest BCUT2D eigenvalue weighted by Crippen LogP contribution is 2.42. The Kier molecular flexibility index (Phi) is 4.88. The molecule has 0 radical (unpaired) electrons. The average Bonchev–Trinajstić information content (AvgIpc) is 2.41. The molecule has 0 aromatic carbocycles. The molecular formula is C15H25N3O. The first-order chi connectivity index (χ1) is 9.22. The number of aromatic nitrogens is 2. The molecule has 4 heteroatoms. The van der Waals surface area contributed by atoms with Gasteiger partial charge in [-0.2, -0.15) is 0 Å². The number of likely N-dealkylation sites (N-methyl/N-ethyl adjacent to an activating group) is 1. The minimum absolute atomic E-state index is 0.115. The third kappa shape index (κ3) is 3.12. The zero-order valence-corrected chi connectivity index (χ0v) is 12.2. The van der Waals surface area contributed by atoms with Crippen molar-refractivity contribution < 1.29 is 4.74 Å². The van der Waals surface area contributed by atoms with Gasteiger partial charge < -0.3 is 10.1 Å². The van der Waals surface area contributed by atoms with Crippen LogP contribution in [0.1, 0.15) is 51.3 Å². The summed E-state index contributed by atoms with van der Waals surface area (Å²) >= 11 is 0. The lowest BCUT2D eigenvalue weighted by Crippen LogP contribution is -2.48. The number of rotatable bonds is 5. The van der Waals surface area contributed by atoms with Gasteiger partial charge >= 0.3 is 0 Å². The smallest absolute Gasteiger partial charge is 0.0894 e. The summed E-state index contributed by atoms with van der Waals surface area (Å²) in [6.45, 7) is 5.13. The average molecular weight is 263 g/mol. The molecule has 1 aromatic heterocycles. The molecule has 106 valence electrons. The molecule has 0 bridgehead atoms. The van der Waals surface area contributed by atoms with Crippen molar-refractivity contribution in [3.05, 3.63) is 24.3 Å². The van der Waals surface area contributed by atoms with Crippen molar-refractivity contribution in [1.82, 2.24) is 15.3 Å². The molecule has 3 atom stereocenters. The van der Waals surface area contributed by atoms with Crippen molar-refractivity contribution in [1.29, 1.82) is 0 Å². The van der Waals surface area contributed by atoms with Gasteiger partial charge in [0.15, 0.2) is 0 Å². The maximum Gasteiger partial charge on any atom is 0.0894 e. The number of hydrogen-bond donors (Lipinski definition) is 1. The summed E-state index contributed by atoms with van der Waals surface area (Å²) in [5, 5.41) is 3.41. The van der Waals surface area contributed by atoms with Gasteiger partial charge in [-0.1, -0.05) is 19.8 Å². The fourth-order valence-electron chi connectivity index (χ4n) is 3.45. The summed E-state index contributed by atoms with van der Waals surface area (Å²) in [6.07, 6.45) is 10.0. The van der Waals surface area contributed by atoms with Crippen molar-refractivity contribution in [3.63, 3.8) is 0 Å². The Labute approximate surface area is 116 Å².